The number of carbonyl (C=O) groups excluding carboxylic acids is 1. The van der Waals surface area contributed by atoms with Gasteiger partial charge in [-0.05, 0) is 60.5 Å². The van der Waals surface area contributed by atoms with Crippen LogP contribution in [-0.4, -0.2) is 86.5 Å². The van der Waals surface area contributed by atoms with Gasteiger partial charge in [-0.15, -0.1) is 11.5 Å². The Morgan fingerprint density at radius 1 is 1.02 bits per heavy atom. The van der Waals surface area contributed by atoms with Crippen molar-refractivity contribution in [3.63, 3.8) is 0 Å². The molecule has 258 valence electrons. The molecule has 0 atom stereocenters. The first-order valence-electron chi connectivity index (χ1n) is 16.5. The second kappa shape index (κ2) is 15.5. The molecule has 0 spiro atoms. The van der Waals surface area contributed by atoms with Gasteiger partial charge < -0.3 is 4.48 Å². The van der Waals surface area contributed by atoms with Crippen LogP contribution in [0.3, 0.4) is 0 Å². The number of nitrogens with zero attached hydrogens (tertiary/aromatic N) is 7. The lowest BCUT2D eigenvalue weighted by Crippen LogP contribution is -2.55. The van der Waals surface area contributed by atoms with E-state index in [1.807, 2.05) is 52.8 Å². The normalized spacial score (nSPS) is 14.2. The number of carbonyl (C=O) groups is 1. The number of alkyl halides is 3. The molecule has 1 N–H and O–H groups in total. The SMILES string of the molecule is C#Cc1ccc(-n2nccc2-c2cn3nc(NC(=O)CN4CC[N+](C)(C)CC4)nc3c(-c3cccc(C(F)(F)F)c3)c2C)cc1.CC.CC. The summed E-state index contributed by atoms with van der Waals surface area (Å²) in [6, 6.07) is 14.2. The average molecular weight is 674 g/mol. The number of hydrogen-bond acceptors (Lipinski definition) is 5. The molecule has 0 aliphatic carbocycles. The van der Waals surface area contributed by atoms with Gasteiger partial charge in [0.25, 0.3) is 0 Å². The Morgan fingerprint density at radius 3 is 2.33 bits per heavy atom. The molecule has 4 heterocycles. The summed E-state index contributed by atoms with van der Waals surface area (Å²) >= 11 is 0. The zero-order chi connectivity index (χ0) is 35.9. The molecule has 2 aromatic carbocycles. The minimum Gasteiger partial charge on any atom is -0.326 e. The third-order valence-corrected chi connectivity index (χ3v) is 8.22. The van der Waals surface area contributed by atoms with Gasteiger partial charge in [-0.1, -0.05) is 45.7 Å². The molecule has 1 amide bonds. The van der Waals surface area contributed by atoms with Crippen LogP contribution >= 0.6 is 0 Å². The number of terminal acetylenes is 1. The van der Waals surface area contributed by atoms with Crippen LogP contribution in [0.5, 0.6) is 0 Å². The Balaban J connectivity index is 0.00000130. The highest BCUT2D eigenvalue weighted by Gasteiger charge is 2.31. The van der Waals surface area contributed by atoms with Crippen molar-refractivity contribution >= 4 is 17.5 Å². The van der Waals surface area contributed by atoms with Gasteiger partial charge in [-0.2, -0.15) is 23.3 Å². The van der Waals surface area contributed by atoms with Gasteiger partial charge in [0.15, 0.2) is 5.65 Å². The fourth-order valence-electron chi connectivity index (χ4n) is 5.60. The van der Waals surface area contributed by atoms with E-state index in [1.165, 1.54) is 10.6 Å². The first kappa shape index (κ1) is 36.8. The number of nitrogens with one attached hydrogen (secondary N) is 1. The van der Waals surface area contributed by atoms with Crippen LogP contribution in [0.2, 0.25) is 0 Å². The highest BCUT2D eigenvalue weighted by atomic mass is 19.4. The molecule has 0 unspecified atom stereocenters. The standard InChI is InChI=1S/C33H31F3N8O.2C2H6/c1-5-23-9-11-26(12-10-23)43-28(13-14-37-43)27-20-42-31(30(22(27)2)24-7-6-8-25(19-24)33(34,35)36)39-32(40-42)38-29(45)21-41-15-17-44(3,4)18-16-41;2*1-2/h1,6-14,19-20H,15-18,21H2,2-4H3;2*1-2H3/p+1. The van der Waals surface area contributed by atoms with Crippen molar-refractivity contribution in [2.45, 2.75) is 40.8 Å². The fraction of sp³-hybridized carbons (Fsp3) is 0.351. The molecule has 0 saturated carbocycles. The molecule has 0 radical (unpaired) electrons. The van der Waals surface area contributed by atoms with Crippen molar-refractivity contribution in [3.8, 4) is 40.4 Å². The van der Waals surface area contributed by atoms with Crippen molar-refractivity contribution in [2.75, 3.05) is 52.1 Å². The zero-order valence-electron chi connectivity index (χ0n) is 29.1. The maximum Gasteiger partial charge on any atom is 0.416 e. The molecule has 3 aromatic heterocycles. The number of piperazine rings is 1. The zero-order valence-corrected chi connectivity index (χ0v) is 29.1. The van der Waals surface area contributed by atoms with E-state index in [-0.39, 0.29) is 18.4 Å². The van der Waals surface area contributed by atoms with Crippen LogP contribution < -0.4 is 5.32 Å². The number of hydrogen-bond donors (Lipinski definition) is 1. The number of anilines is 1. The molecular formula is C37H44F3N8O+. The maximum absolute atomic E-state index is 13.8. The molecule has 1 saturated heterocycles. The lowest BCUT2D eigenvalue weighted by molar-refractivity contribution is -0.894. The van der Waals surface area contributed by atoms with Crippen molar-refractivity contribution in [2.24, 2.45) is 0 Å². The predicted octanol–water partition coefficient (Wildman–Crippen LogP) is 6.94. The largest absolute Gasteiger partial charge is 0.416 e. The summed E-state index contributed by atoms with van der Waals surface area (Å²) in [5, 5.41) is 11.8. The van der Waals surface area contributed by atoms with E-state index in [2.05, 4.69) is 45.4 Å². The van der Waals surface area contributed by atoms with Gasteiger partial charge in [0, 0.05) is 36.0 Å². The van der Waals surface area contributed by atoms with E-state index in [9.17, 15) is 18.0 Å². The molecule has 9 nitrogen and oxygen atoms in total. The fourth-order valence-corrected chi connectivity index (χ4v) is 5.60. The maximum atomic E-state index is 13.8. The highest BCUT2D eigenvalue weighted by molar-refractivity contribution is 5.92. The van der Waals surface area contributed by atoms with Gasteiger partial charge in [0.2, 0.25) is 11.9 Å². The number of amides is 1. The summed E-state index contributed by atoms with van der Waals surface area (Å²) in [7, 11) is 4.33. The average Bonchev–Trinajstić information content (AvgIpc) is 3.74. The topological polar surface area (TPSA) is 80.3 Å². The molecule has 12 heteroatoms. The molecule has 6 rings (SSSR count). The Labute approximate surface area is 286 Å². The number of pyridine rings is 1. The van der Waals surface area contributed by atoms with Crippen LogP contribution in [-0.2, 0) is 11.0 Å². The first-order valence-corrected chi connectivity index (χ1v) is 16.5. The Kier molecular flexibility index (Phi) is 11.6. The number of halogens is 3. The van der Waals surface area contributed by atoms with E-state index in [0.29, 0.717) is 33.6 Å². The molecule has 49 heavy (non-hydrogen) atoms. The van der Waals surface area contributed by atoms with Crippen molar-refractivity contribution in [1.82, 2.24) is 29.3 Å². The molecule has 0 bridgehead atoms. The minimum absolute atomic E-state index is 0.0660. The van der Waals surface area contributed by atoms with Crippen molar-refractivity contribution < 1.29 is 22.4 Å². The second-order valence-electron chi connectivity index (χ2n) is 11.9. The number of benzene rings is 2. The molecular weight excluding hydrogens is 629 g/mol. The smallest absolute Gasteiger partial charge is 0.326 e. The summed E-state index contributed by atoms with van der Waals surface area (Å²) in [6.45, 7) is 13.5. The van der Waals surface area contributed by atoms with Gasteiger partial charge in [0.1, 0.15) is 0 Å². The van der Waals surface area contributed by atoms with Crippen LogP contribution in [0.1, 0.15) is 44.4 Å². The van der Waals surface area contributed by atoms with E-state index in [0.717, 1.165) is 54.0 Å². The summed E-state index contributed by atoms with van der Waals surface area (Å²) in [5.41, 5.74) is 3.80. The molecule has 1 aliphatic rings. The van der Waals surface area contributed by atoms with E-state index >= 15 is 0 Å². The number of quaternary nitrogens is 1. The number of likely N-dealkylation sites (N-methyl/N-ethyl adjacent to an activating group) is 1. The highest BCUT2D eigenvalue weighted by Crippen LogP contribution is 2.38. The van der Waals surface area contributed by atoms with Crippen LogP contribution in [0.4, 0.5) is 19.1 Å². The quantitative estimate of drug-likeness (QED) is 0.156. The third kappa shape index (κ3) is 8.36. The van der Waals surface area contributed by atoms with Gasteiger partial charge in [-0.25, -0.2) is 9.20 Å². The van der Waals surface area contributed by atoms with Gasteiger partial charge >= 0.3 is 6.18 Å². The summed E-state index contributed by atoms with van der Waals surface area (Å²) in [6.07, 6.45) is 4.38. The Hall–Kier alpha value is -4.99. The predicted molar refractivity (Wildman–Crippen MR) is 188 cm³/mol. The number of rotatable bonds is 6. The monoisotopic (exact) mass is 673 g/mol. The minimum atomic E-state index is -4.53. The Bertz CT molecular complexity index is 1920. The molecule has 1 aliphatic heterocycles. The summed E-state index contributed by atoms with van der Waals surface area (Å²) in [5.74, 6) is 2.40. The number of aromatic nitrogens is 5. The van der Waals surface area contributed by atoms with Crippen LogP contribution in [0, 0.1) is 19.3 Å². The van der Waals surface area contributed by atoms with E-state index in [1.54, 1.807) is 35.3 Å². The van der Waals surface area contributed by atoms with Crippen molar-refractivity contribution in [1.29, 1.82) is 0 Å². The first-order chi connectivity index (χ1) is 23.4. The van der Waals surface area contributed by atoms with Gasteiger partial charge in [-0.3, -0.25) is 15.0 Å². The third-order valence-electron chi connectivity index (χ3n) is 8.22. The molecule has 5 aromatic rings. The lowest BCUT2D eigenvalue weighted by atomic mass is 9.95. The van der Waals surface area contributed by atoms with Gasteiger partial charge in [0.05, 0.1) is 56.9 Å². The van der Waals surface area contributed by atoms with Crippen LogP contribution in [0.15, 0.2) is 67.0 Å². The van der Waals surface area contributed by atoms with Crippen molar-refractivity contribution in [3.05, 3.63) is 83.7 Å². The lowest BCUT2D eigenvalue weighted by Gasteiger charge is -2.38. The van der Waals surface area contributed by atoms with E-state index in [4.69, 9.17) is 6.42 Å². The summed E-state index contributed by atoms with van der Waals surface area (Å²) in [4.78, 5) is 19.7. The second-order valence-corrected chi connectivity index (χ2v) is 11.9. The summed E-state index contributed by atoms with van der Waals surface area (Å²) < 4.78 is 45.4. The Morgan fingerprint density at radius 2 is 1.69 bits per heavy atom. The van der Waals surface area contributed by atoms with Crippen LogP contribution in [0.25, 0.3) is 33.7 Å². The van der Waals surface area contributed by atoms with E-state index < -0.39 is 11.7 Å². The molecule has 1 fully saturated rings. The number of fused-ring (bicyclic) bond motifs is 1.